The largest absolute Gasteiger partial charge is 0.379 e. The molecule has 8 heteroatoms. The van der Waals surface area contributed by atoms with Gasteiger partial charge in [-0.05, 0) is 12.8 Å². The van der Waals surface area contributed by atoms with Crippen molar-refractivity contribution in [1.82, 2.24) is 25.1 Å². The van der Waals surface area contributed by atoms with Crippen molar-refractivity contribution in [2.24, 2.45) is 0 Å². The Bertz CT molecular complexity index is 591. The molecule has 24 heavy (non-hydrogen) atoms. The molecule has 2 saturated heterocycles. The minimum absolute atomic E-state index is 0.0522. The third kappa shape index (κ3) is 2.99. The number of hydrogen-bond acceptors (Lipinski definition) is 6. The molecule has 8 nitrogen and oxygen atoms in total. The second-order valence-electron chi connectivity index (χ2n) is 6.07. The van der Waals surface area contributed by atoms with Crippen molar-refractivity contribution in [1.29, 1.82) is 0 Å². The summed E-state index contributed by atoms with van der Waals surface area (Å²) < 4.78 is 5.32. The minimum atomic E-state index is -1.06. The molecule has 0 radical (unpaired) electrons. The van der Waals surface area contributed by atoms with Crippen LogP contribution in [0.1, 0.15) is 18.5 Å². The van der Waals surface area contributed by atoms with Gasteiger partial charge in [-0.3, -0.25) is 24.5 Å². The first kappa shape index (κ1) is 16.8. The van der Waals surface area contributed by atoms with Crippen LogP contribution in [0.4, 0.5) is 0 Å². The first-order valence-corrected chi connectivity index (χ1v) is 8.28. The molecular formula is C16H23N5O3. The highest BCUT2D eigenvalue weighted by Crippen LogP contribution is 2.38. The van der Waals surface area contributed by atoms with Crippen molar-refractivity contribution in [3.63, 3.8) is 0 Å². The smallest absolute Gasteiger partial charge is 0.252 e. The number of rotatable bonds is 4. The number of morpholine rings is 1. The molecule has 0 unspecified atom stereocenters. The number of ether oxygens (including phenoxy) is 1. The van der Waals surface area contributed by atoms with E-state index in [2.05, 4.69) is 20.2 Å². The maximum absolute atomic E-state index is 12.9. The van der Waals surface area contributed by atoms with Gasteiger partial charge in [0.25, 0.3) is 5.91 Å². The third-order valence-electron chi connectivity index (χ3n) is 4.73. The summed E-state index contributed by atoms with van der Waals surface area (Å²) in [6, 6.07) is 0. The van der Waals surface area contributed by atoms with Crippen molar-refractivity contribution in [2.75, 3.05) is 46.4 Å². The van der Waals surface area contributed by atoms with E-state index in [1.165, 1.54) is 0 Å². The normalized spacial score (nSPS) is 24.8. The number of amides is 2. The van der Waals surface area contributed by atoms with Gasteiger partial charge in [-0.1, -0.05) is 0 Å². The number of carbonyl (C=O) groups excluding carboxylic acids is 2. The summed E-state index contributed by atoms with van der Waals surface area (Å²) in [4.78, 5) is 37.8. The molecule has 0 spiro atoms. The van der Waals surface area contributed by atoms with Gasteiger partial charge in [0.15, 0.2) is 5.54 Å². The molecule has 0 saturated carbocycles. The zero-order valence-electron chi connectivity index (χ0n) is 13.9. The second kappa shape index (κ2) is 7.23. The molecule has 3 rings (SSSR count). The highest BCUT2D eigenvalue weighted by molar-refractivity contribution is 5.93. The average Bonchev–Trinajstić information content (AvgIpc) is 3.09. The number of nitrogens with one attached hydrogen (secondary N) is 1. The number of hydrogen-bond donors (Lipinski definition) is 1. The topological polar surface area (TPSA) is 87.7 Å². The number of likely N-dealkylation sites (tertiary alicyclic amines) is 1. The van der Waals surface area contributed by atoms with Gasteiger partial charge >= 0.3 is 0 Å². The Morgan fingerprint density at radius 1 is 1.29 bits per heavy atom. The first-order chi connectivity index (χ1) is 11.7. The van der Waals surface area contributed by atoms with Crippen LogP contribution in [-0.2, 0) is 19.9 Å². The van der Waals surface area contributed by atoms with Crippen molar-refractivity contribution in [2.45, 2.75) is 18.4 Å². The Morgan fingerprint density at radius 2 is 2.08 bits per heavy atom. The van der Waals surface area contributed by atoms with E-state index in [0.29, 0.717) is 38.4 Å². The Labute approximate surface area is 141 Å². The molecule has 2 aliphatic rings. The van der Waals surface area contributed by atoms with Gasteiger partial charge < -0.3 is 15.0 Å². The second-order valence-corrected chi connectivity index (χ2v) is 6.07. The summed E-state index contributed by atoms with van der Waals surface area (Å²) in [5, 5.41) is 2.70. The Morgan fingerprint density at radius 3 is 2.75 bits per heavy atom. The van der Waals surface area contributed by atoms with Gasteiger partial charge in [0.05, 0.1) is 31.6 Å². The van der Waals surface area contributed by atoms with E-state index in [4.69, 9.17) is 4.74 Å². The monoisotopic (exact) mass is 333 g/mol. The molecule has 0 bridgehead atoms. The van der Waals surface area contributed by atoms with Crippen LogP contribution in [0.25, 0.3) is 0 Å². The van der Waals surface area contributed by atoms with Gasteiger partial charge in [-0.15, -0.1) is 0 Å². The van der Waals surface area contributed by atoms with E-state index in [-0.39, 0.29) is 11.8 Å². The molecule has 2 amide bonds. The van der Waals surface area contributed by atoms with Gasteiger partial charge in [-0.25, -0.2) is 0 Å². The van der Waals surface area contributed by atoms with Gasteiger partial charge in [-0.2, -0.15) is 0 Å². The Hall–Kier alpha value is -2.06. The van der Waals surface area contributed by atoms with Gasteiger partial charge in [0.1, 0.15) is 0 Å². The molecule has 1 aromatic heterocycles. The predicted molar refractivity (Wildman–Crippen MR) is 86.0 cm³/mol. The fourth-order valence-corrected chi connectivity index (χ4v) is 3.53. The van der Waals surface area contributed by atoms with E-state index in [0.717, 1.165) is 19.5 Å². The summed E-state index contributed by atoms with van der Waals surface area (Å²) >= 11 is 0. The molecule has 1 atom stereocenters. The van der Waals surface area contributed by atoms with Crippen molar-refractivity contribution in [3.8, 4) is 0 Å². The van der Waals surface area contributed by atoms with Gasteiger partial charge in [0.2, 0.25) is 5.91 Å². The lowest BCUT2D eigenvalue weighted by Crippen LogP contribution is -2.57. The molecule has 0 aromatic carbocycles. The van der Waals surface area contributed by atoms with Crippen LogP contribution in [0.3, 0.4) is 0 Å². The number of carbonyl (C=O) groups is 2. The lowest BCUT2D eigenvalue weighted by molar-refractivity contribution is -0.147. The fourth-order valence-electron chi connectivity index (χ4n) is 3.53. The molecule has 0 aliphatic carbocycles. The third-order valence-corrected chi connectivity index (χ3v) is 4.73. The molecule has 1 aromatic rings. The molecular weight excluding hydrogens is 310 g/mol. The van der Waals surface area contributed by atoms with Crippen LogP contribution in [0.5, 0.6) is 0 Å². The molecule has 130 valence electrons. The highest BCUT2D eigenvalue weighted by atomic mass is 16.5. The molecule has 2 fully saturated rings. The van der Waals surface area contributed by atoms with E-state index < -0.39 is 5.54 Å². The summed E-state index contributed by atoms with van der Waals surface area (Å²) in [5.41, 5.74) is -0.538. The quantitative estimate of drug-likeness (QED) is 0.790. The highest BCUT2D eigenvalue weighted by Gasteiger charge is 2.52. The van der Waals surface area contributed by atoms with E-state index >= 15 is 0 Å². The standard InChI is InChI=1S/C16H23N5O3/c1-17-15(23)16(13-11-18-4-5-19-13)3-2-6-21(16)14(22)12-20-7-9-24-10-8-20/h4-5,11H,2-3,6-10,12H2,1H3,(H,17,23)/t16-/m0/s1. The van der Waals surface area contributed by atoms with Crippen molar-refractivity contribution < 1.29 is 14.3 Å². The zero-order chi connectivity index (χ0) is 17.0. The molecule has 2 aliphatic heterocycles. The minimum Gasteiger partial charge on any atom is -0.379 e. The predicted octanol–water partition coefficient (Wildman–Crippen LogP) is -0.627. The van der Waals surface area contributed by atoms with Crippen molar-refractivity contribution in [3.05, 3.63) is 24.3 Å². The Kier molecular flexibility index (Phi) is 5.06. The van der Waals surface area contributed by atoms with Crippen LogP contribution in [-0.4, -0.2) is 78.0 Å². The van der Waals surface area contributed by atoms with E-state index in [1.807, 2.05) is 0 Å². The SMILES string of the molecule is CNC(=O)[C@@]1(c2cnccn2)CCCN1C(=O)CN1CCOCC1. The van der Waals surface area contributed by atoms with Crippen LogP contribution < -0.4 is 5.32 Å². The van der Waals surface area contributed by atoms with Crippen LogP contribution >= 0.6 is 0 Å². The fraction of sp³-hybridized carbons (Fsp3) is 0.625. The first-order valence-electron chi connectivity index (χ1n) is 8.28. The van der Waals surface area contributed by atoms with Crippen LogP contribution in [0, 0.1) is 0 Å². The maximum Gasteiger partial charge on any atom is 0.252 e. The summed E-state index contributed by atoms with van der Waals surface area (Å²) in [5.74, 6) is -0.264. The van der Waals surface area contributed by atoms with Crippen LogP contribution in [0.2, 0.25) is 0 Å². The number of aromatic nitrogens is 2. The van der Waals surface area contributed by atoms with Crippen molar-refractivity contribution >= 4 is 11.8 Å². The van der Waals surface area contributed by atoms with Crippen LogP contribution in [0.15, 0.2) is 18.6 Å². The van der Waals surface area contributed by atoms with E-state index in [1.54, 1.807) is 30.5 Å². The lowest BCUT2D eigenvalue weighted by Gasteiger charge is -2.37. The Balaban J connectivity index is 1.87. The summed E-state index contributed by atoms with van der Waals surface area (Å²) in [6.45, 7) is 3.58. The van der Waals surface area contributed by atoms with E-state index in [9.17, 15) is 9.59 Å². The van der Waals surface area contributed by atoms with Gasteiger partial charge in [0, 0.05) is 39.1 Å². The molecule has 3 heterocycles. The lowest BCUT2D eigenvalue weighted by atomic mass is 9.90. The molecule has 1 N–H and O–H groups in total. The zero-order valence-corrected chi connectivity index (χ0v) is 13.9. The average molecular weight is 333 g/mol. The number of likely N-dealkylation sites (N-methyl/N-ethyl adjacent to an activating group) is 1. The number of nitrogens with zero attached hydrogens (tertiary/aromatic N) is 4. The maximum atomic E-state index is 12.9. The summed E-state index contributed by atoms with van der Waals surface area (Å²) in [6.07, 6.45) is 6.02. The summed E-state index contributed by atoms with van der Waals surface area (Å²) in [7, 11) is 1.59.